The third-order valence-corrected chi connectivity index (χ3v) is 2.88. The zero-order chi connectivity index (χ0) is 11.5. The molecule has 1 aliphatic heterocycles. The molecule has 88 valence electrons. The first-order valence-corrected chi connectivity index (χ1v) is 6.56. The highest BCUT2D eigenvalue weighted by atomic mass is 32.2. The van der Waals surface area contributed by atoms with Gasteiger partial charge in [0.2, 0.25) is 0 Å². The lowest BCUT2D eigenvalue weighted by Gasteiger charge is -2.16. The van der Waals surface area contributed by atoms with Crippen LogP contribution in [0.1, 0.15) is 19.3 Å². The maximum atomic E-state index is 10.9. The molecule has 0 aromatic heterocycles. The second-order valence-electron chi connectivity index (χ2n) is 3.62. The third-order valence-electron chi connectivity index (χ3n) is 2.26. The molecule has 0 radical (unpaired) electrons. The van der Waals surface area contributed by atoms with Gasteiger partial charge in [0.1, 0.15) is 0 Å². The van der Waals surface area contributed by atoms with E-state index in [1.165, 1.54) is 4.90 Å². The summed E-state index contributed by atoms with van der Waals surface area (Å²) in [4.78, 5) is 11.9. The van der Waals surface area contributed by atoms with Crippen molar-refractivity contribution >= 4 is 16.2 Å². The third kappa shape index (κ3) is 4.48. The first-order valence-electron chi connectivity index (χ1n) is 4.74. The molecule has 0 bridgehead atoms. The quantitative estimate of drug-likeness (QED) is 0.707. The summed E-state index contributed by atoms with van der Waals surface area (Å²) in [6, 6.07) is 0. The van der Waals surface area contributed by atoms with E-state index in [0.29, 0.717) is 32.4 Å². The minimum atomic E-state index is -3.44. The van der Waals surface area contributed by atoms with E-state index < -0.39 is 16.2 Å². The van der Waals surface area contributed by atoms with Crippen molar-refractivity contribution in [2.75, 3.05) is 19.3 Å². The van der Waals surface area contributed by atoms with Crippen molar-refractivity contribution in [3.8, 4) is 0 Å². The van der Waals surface area contributed by atoms with Gasteiger partial charge in [-0.25, -0.2) is 4.79 Å². The molecular weight excluding hydrogens is 222 g/mol. The molecule has 0 aliphatic carbocycles. The molecule has 6 nitrogen and oxygen atoms in total. The Morgan fingerprint density at radius 1 is 1.40 bits per heavy atom. The van der Waals surface area contributed by atoms with Crippen molar-refractivity contribution in [2.24, 2.45) is 0 Å². The fourth-order valence-corrected chi connectivity index (χ4v) is 2.29. The summed E-state index contributed by atoms with van der Waals surface area (Å²) in [5, 5.41) is 8.75. The molecule has 1 N–H and O–H groups in total. The average Bonchev–Trinajstić information content (AvgIpc) is 2.26. The molecule has 0 spiro atoms. The van der Waals surface area contributed by atoms with Gasteiger partial charge in [-0.1, -0.05) is 0 Å². The van der Waals surface area contributed by atoms with Crippen LogP contribution < -0.4 is 0 Å². The molecule has 1 fully saturated rings. The van der Waals surface area contributed by atoms with Crippen molar-refractivity contribution < 1.29 is 22.5 Å². The number of carboxylic acid groups (broad SMARTS) is 1. The molecule has 0 aromatic carbocycles. The zero-order valence-corrected chi connectivity index (χ0v) is 9.37. The van der Waals surface area contributed by atoms with Crippen LogP contribution >= 0.6 is 0 Å². The van der Waals surface area contributed by atoms with Gasteiger partial charge in [0.15, 0.2) is 0 Å². The van der Waals surface area contributed by atoms with Crippen LogP contribution in [0.3, 0.4) is 0 Å². The van der Waals surface area contributed by atoms with Gasteiger partial charge in [0.25, 0.3) is 10.1 Å². The minimum Gasteiger partial charge on any atom is -0.465 e. The lowest BCUT2D eigenvalue weighted by atomic mass is 10.2. The number of likely N-dealkylation sites (tertiary alicyclic amines) is 1. The predicted molar refractivity (Wildman–Crippen MR) is 53.2 cm³/mol. The van der Waals surface area contributed by atoms with Crippen LogP contribution in [0.4, 0.5) is 4.79 Å². The van der Waals surface area contributed by atoms with Crippen molar-refractivity contribution in [3.05, 3.63) is 0 Å². The Morgan fingerprint density at radius 2 is 2.07 bits per heavy atom. The highest BCUT2D eigenvalue weighted by molar-refractivity contribution is 7.86. The number of rotatable bonds is 2. The fourth-order valence-electron chi connectivity index (χ4n) is 1.60. The highest BCUT2D eigenvalue weighted by Gasteiger charge is 2.22. The molecule has 1 heterocycles. The van der Waals surface area contributed by atoms with E-state index in [4.69, 9.17) is 9.29 Å². The summed E-state index contributed by atoms with van der Waals surface area (Å²) in [5.74, 6) is 0. The summed E-state index contributed by atoms with van der Waals surface area (Å²) in [7, 11) is -3.44. The van der Waals surface area contributed by atoms with Crippen LogP contribution in [-0.4, -0.2) is 50.0 Å². The summed E-state index contributed by atoms with van der Waals surface area (Å²) in [5.41, 5.74) is 0. The Kier molecular flexibility index (Phi) is 3.92. The molecular formula is C8H15NO5S. The van der Waals surface area contributed by atoms with E-state index in [9.17, 15) is 13.2 Å². The van der Waals surface area contributed by atoms with Crippen molar-refractivity contribution in [2.45, 2.75) is 25.4 Å². The largest absolute Gasteiger partial charge is 0.465 e. The highest BCUT2D eigenvalue weighted by Crippen LogP contribution is 2.15. The molecule has 15 heavy (non-hydrogen) atoms. The molecule has 0 unspecified atom stereocenters. The Morgan fingerprint density at radius 3 is 2.60 bits per heavy atom. The van der Waals surface area contributed by atoms with Gasteiger partial charge in [0, 0.05) is 13.1 Å². The summed E-state index contributed by atoms with van der Waals surface area (Å²) in [6.07, 6.45) is 1.30. The monoisotopic (exact) mass is 237 g/mol. The average molecular weight is 237 g/mol. The first-order chi connectivity index (χ1) is 6.88. The number of hydrogen-bond donors (Lipinski definition) is 1. The molecule has 1 aliphatic rings. The summed E-state index contributed by atoms with van der Waals surface area (Å²) < 4.78 is 26.6. The van der Waals surface area contributed by atoms with E-state index in [0.717, 1.165) is 6.26 Å². The van der Waals surface area contributed by atoms with Gasteiger partial charge < -0.3 is 10.0 Å². The van der Waals surface area contributed by atoms with Gasteiger partial charge in [-0.3, -0.25) is 4.18 Å². The Balaban J connectivity index is 2.49. The smallest absolute Gasteiger partial charge is 0.407 e. The van der Waals surface area contributed by atoms with E-state index in [1.807, 2.05) is 0 Å². The zero-order valence-electron chi connectivity index (χ0n) is 8.55. The molecule has 0 aromatic rings. The van der Waals surface area contributed by atoms with Crippen molar-refractivity contribution in [1.82, 2.24) is 4.90 Å². The van der Waals surface area contributed by atoms with E-state index in [2.05, 4.69) is 0 Å². The number of amides is 1. The Hall–Kier alpha value is -0.820. The summed E-state index contributed by atoms with van der Waals surface area (Å²) in [6.45, 7) is 0.772. The molecule has 0 saturated carbocycles. The minimum absolute atomic E-state index is 0.329. The fraction of sp³-hybridized carbons (Fsp3) is 0.875. The van der Waals surface area contributed by atoms with Gasteiger partial charge in [-0.15, -0.1) is 0 Å². The molecule has 1 rings (SSSR count). The standard InChI is InChI=1S/C8H15NO5S/c1-15(12,13)14-7-3-2-5-9(6-4-7)8(10)11/h7H,2-6H2,1H3,(H,10,11)/t7-/m1/s1. The normalized spacial score (nSPS) is 23.5. The van der Waals surface area contributed by atoms with Gasteiger partial charge in [-0.2, -0.15) is 8.42 Å². The maximum Gasteiger partial charge on any atom is 0.407 e. The lowest BCUT2D eigenvalue weighted by molar-refractivity contribution is 0.143. The topological polar surface area (TPSA) is 83.9 Å². The van der Waals surface area contributed by atoms with Crippen LogP contribution in [0, 0.1) is 0 Å². The summed E-state index contributed by atoms with van der Waals surface area (Å²) >= 11 is 0. The van der Waals surface area contributed by atoms with E-state index in [1.54, 1.807) is 0 Å². The second kappa shape index (κ2) is 4.80. The van der Waals surface area contributed by atoms with Crippen LogP contribution in [0.15, 0.2) is 0 Å². The SMILES string of the molecule is CS(=O)(=O)O[C@@H]1CCCN(C(=O)O)CC1. The second-order valence-corrected chi connectivity index (χ2v) is 5.22. The Bertz CT molecular complexity index is 326. The van der Waals surface area contributed by atoms with Crippen molar-refractivity contribution in [1.29, 1.82) is 0 Å². The van der Waals surface area contributed by atoms with Gasteiger partial charge in [-0.05, 0) is 19.3 Å². The lowest BCUT2D eigenvalue weighted by Crippen LogP contribution is -2.30. The predicted octanol–water partition coefficient (Wildman–Crippen LogP) is 0.495. The first kappa shape index (κ1) is 12.3. The molecule has 1 atom stereocenters. The van der Waals surface area contributed by atoms with E-state index >= 15 is 0 Å². The molecule has 1 saturated heterocycles. The van der Waals surface area contributed by atoms with Gasteiger partial charge >= 0.3 is 6.09 Å². The van der Waals surface area contributed by atoms with Crippen LogP contribution in [-0.2, 0) is 14.3 Å². The number of nitrogens with zero attached hydrogens (tertiary/aromatic N) is 1. The number of carbonyl (C=O) groups is 1. The molecule has 1 amide bonds. The van der Waals surface area contributed by atoms with Crippen LogP contribution in [0.25, 0.3) is 0 Å². The van der Waals surface area contributed by atoms with Crippen molar-refractivity contribution in [3.63, 3.8) is 0 Å². The Labute approximate surface area is 89.0 Å². The van der Waals surface area contributed by atoms with Gasteiger partial charge in [0.05, 0.1) is 12.4 Å². The van der Waals surface area contributed by atoms with Crippen LogP contribution in [0.5, 0.6) is 0 Å². The van der Waals surface area contributed by atoms with Crippen LogP contribution in [0.2, 0.25) is 0 Å². The molecule has 7 heteroatoms. The van der Waals surface area contributed by atoms with E-state index in [-0.39, 0.29) is 6.10 Å². The maximum absolute atomic E-state index is 10.9. The number of hydrogen-bond acceptors (Lipinski definition) is 4.